The third-order valence-corrected chi connectivity index (χ3v) is 7.05. The van der Waals surface area contributed by atoms with E-state index in [1.165, 1.54) is 0 Å². The molecule has 3 aliphatic rings. The topological polar surface area (TPSA) is 68.3 Å². The Labute approximate surface area is 197 Å². The number of nitrogens with zero attached hydrogens (tertiary/aromatic N) is 2. The van der Waals surface area contributed by atoms with Crippen LogP contribution in [0.25, 0.3) is 0 Å². The predicted molar refractivity (Wildman–Crippen MR) is 125 cm³/mol. The molecule has 7 nitrogen and oxygen atoms in total. The Morgan fingerprint density at radius 3 is 2.30 bits per heavy atom. The van der Waals surface area contributed by atoms with Gasteiger partial charge in [0.25, 0.3) is 0 Å². The average molecular weight is 459 g/mol. The third-order valence-electron chi connectivity index (χ3n) is 7.05. The van der Waals surface area contributed by atoms with Gasteiger partial charge in [-0.25, -0.2) is 9.59 Å². The summed E-state index contributed by atoms with van der Waals surface area (Å²) in [4.78, 5) is 29.5. The van der Waals surface area contributed by atoms with Gasteiger partial charge in [-0.2, -0.15) is 0 Å². The van der Waals surface area contributed by atoms with Gasteiger partial charge >= 0.3 is 12.2 Å². The zero-order valence-electron chi connectivity index (χ0n) is 20.2. The van der Waals surface area contributed by atoms with Gasteiger partial charge in [0.15, 0.2) is 0 Å². The van der Waals surface area contributed by atoms with Crippen LogP contribution in [0, 0.1) is 17.8 Å². The number of amides is 2. The van der Waals surface area contributed by atoms with Crippen molar-refractivity contribution in [2.45, 2.75) is 64.7 Å². The van der Waals surface area contributed by atoms with Gasteiger partial charge in [0.05, 0.1) is 0 Å². The maximum Gasteiger partial charge on any atom is 0.410 e. The number of benzene rings is 1. The number of carbonyl (C=O) groups excluding carboxylic acids is 2. The first kappa shape index (κ1) is 23.9. The summed E-state index contributed by atoms with van der Waals surface area (Å²) in [5.41, 5.74) is 0.508. The molecule has 1 saturated carbocycles. The zero-order valence-corrected chi connectivity index (χ0v) is 20.2. The number of hydrogen-bond acceptors (Lipinski definition) is 5. The lowest BCUT2D eigenvalue weighted by Crippen LogP contribution is -2.44. The molecular weight excluding hydrogens is 420 g/mol. The molecule has 7 heteroatoms. The molecule has 0 N–H and O–H groups in total. The largest absolute Gasteiger partial charge is 0.445 e. The zero-order chi connectivity index (χ0) is 23.4. The number of rotatable bonds is 5. The second-order valence-corrected chi connectivity index (χ2v) is 10.8. The standard InChI is InChI=1S/C26H38N2O5/c1-26(2,3)33-24(29)27-16-21-13-23(14-22(21)17-27)28(15-19-9-11-31-12-10-19)25(30)32-18-20-7-5-4-6-8-20/h4-8,19,21-23H,9-18H2,1-3H3/t21-,22?,23?/m0/s1. The van der Waals surface area contributed by atoms with E-state index in [1.54, 1.807) is 0 Å². The third kappa shape index (κ3) is 6.40. The molecule has 0 radical (unpaired) electrons. The van der Waals surface area contributed by atoms with Crippen molar-refractivity contribution >= 4 is 12.2 Å². The van der Waals surface area contributed by atoms with Gasteiger partial charge in [-0.15, -0.1) is 0 Å². The number of likely N-dealkylation sites (tertiary alicyclic amines) is 1. The monoisotopic (exact) mass is 458 g/mol. The molecule has 0 aromatic heterocycles. The van der Waals surface area contributed by atoms with E-state index in [2.05, 4.69) is 0 Å². The van der Waals surface area contributed by atoms with Crippen LogP contribution in [0.15, 0.2) is 30.3 Å². The van der Waals surface area contributed by atoms with Crippen LogP contribution in [0.4, 0.5) is 9.59 Å². The lowest BCUT2D eigenvalue weighted by atomic mass is 9.98. The molecule has 33 heavy (non-hydrogen) atoms. The van der Waals surface area contributed by atoms with Crippen molar-refractivity contribution in [1.82, 2.24) is 9.80 Å². The van der Waals surface area contributed by atoms with Crippen LogP contribution in [-0.4, -0.2) is 66.5 Å². The fourth-order valence-electron chi connectivity index (χ4n) is 5.38. The molecule has 4 rings (SSSR count). The Hall–Kier alpha value is -2.28. The van der Waals surface area contributed by atoms with Gasteiger partial charge < -0.3 is 24.0 Å². The molecular formula is C26H38N2O5. The predicted octanol–water partition coefficient (Wildman–Crippen LogP) is 4.70. The Bertz CT molecular complexity index is 789. The molecule has 3 fully saturated rings. The van der Waals surface area contributed by atoms with E-state index in [4.69, 9.17) is 14.2 Å². The molecule has 182 valence electrons. The molecule has 2 saturated heterocycles. The summed E-state index contributed by atoms with van der Waals surface area (Å²) < 4.78 is 16.8. The Morgan fingerprint density at radius 1 is 1.06 bits per heavy atom. The Kier molecular flexibility index (Phi) is 7.47. The van der Waals surface area contributed by atoms with E-state index in [-0.39, 0.29) is 24.8 Å². The summed E-state index contributed by atoms with van der Waals surface area (Å²) in [6.45, 7) is 9.64. The highest BCUT2D eigenvalue weighted by atomic mass is 16.6. The van der Waals surface area contributed by atoms with Crippen LogP contribution >= 0.6 is 0 Å². The van der Waals surface area contributed by atoms with E-state index in [9.17, 15) is 9.59 Å². The molecule has 2 aliphatic heterocycles. The molecule has 0 spiro atoms. The fraction of sp³-hybridized carbons (Fsp3) is 0.692. The summed E-state index contributed by atoms with van der Waals surface area (Å²) in [6, 6.07) is 9.98. The first-order valence-corrected chi connectivity index (χ1v) is 12.3. The van der Waals surface area contributed by atoms with E-state index < -0.39 is 5.60 Å². The lowest BCUT2D eigenvalue weighted by molar-refractivity contribution is 0.0251. The van der Waals surface area contributed by atoms with Crippen LogP contribution in [0.3, 0.4) is 0 Å². The molecule has 1 aliphatic carbocycles. The van der Waals surface area contributed by atoms with E-state index in [0.717, 1.165) is 51.0 Å². The van der Waals surface area contributed by atoms with Crippen molar-refractivity contribution in [3.8, 4) is 0 Å². The summed E-state index contributed by atoms with van der Waals surface area (Å²) >= 11 is 0. The molecule has 0 bridgehead atoms. The first-order valence-electron chi connectivity index (χ1n) is 12.3. The highest BCUT2D eigenvalue weighted by Gasteiger charge is 2.46. The SMILES string of the molecule is CC(C)(C)OC(=O)N1CC2CC(N(CC3CCOCC3)C(=O)OCc3ccccc3)C[C@H]2C1. The number of hydrogen-bond donors (Lipinski definition) is 0. The van der Waals surface area contributed by atoms with Crippen LogP contribution in [0.1, 0.15) is 52.0 Å². The Balaban J connectivity index is 1.37. The number of ether oxygens (including phenoxy) is 3. The van der Waals surface area contributed by atoms with Crippen molar-refractivity contribution in [3.05, 3.63) is 35.9 Å². The second-order valence-electron chi connectivity index (χ2n) is 10.8. The minimum Gasteiger partial charge on any atom is -0.445 e. The maximum atomic E-state index is 13.2. The van der Waals surface area contributed by atoms with Gasteiger partial charge in [0.1, 0.15) is 12.2 Å². The summed E-state index contributed by atoms with van der Waals surface area (Å²) in [5, 5.41) is 0. The Morgan fingerprint density at radius 2 is 1.70 bits per heavy atom. The van der Waals surface area contributed by atoms with Crippen molar-refractivity contribution < 1.29 is 23.8 Å². The van der Waals surface area contributed by atoms with Crippen LogP contribution < -0.4 is 0 Å². The van der Waals surface area contributed by atoms with Crippen molar-refractivity contribution in [3.63, 3.8) is 0 Å². The highest BCUT2D eigenvalue weighted by molar-refractivity contribution is 5.69. The van der Waals surface area contributed by atoms with Gasteiger partial charge in [0, 0.05) is 38.9 Å². The smallest absolute Gasteiger partial charge is 0.410 e. The normalized spacial score (nSPS) is 25.5. The average Bonchev–Trinajstić information content (AvgIpc) is 3.36. The quantitative estimate of drug-likeness (QED) is 0.640. The molecule has 1 aromatic rings. The number of carbonyl (C=O) groups is 2. The van der Waals surface area contributed by atoms with Crippen LogP contribution in [0.5, 0.6) is 0 Å². The molecule has 2 heterocycles. The molecule has 3 atom stereocenters. The van der Waals surface area contributed by atoms with Gasteiger partial charge in [-0.05, 0) is 69.8 Å². The lowest BCUT2D eigenvalue weighted by Gasteiger charge is -2.34. The minimum absolute atomic E-state index is 0.159. The summed E-state index contributed by atoms with van der Waals surface area (Å²) in [5.74, 6) is 1.25. The molecule has 1 aromatic carbocycles. The first-order chi connectivity index (χ1) is 15.8. The van der Waals surface area contributed by atoms with E-state index in [0.29, 0.717) is 30.8 Å². The maximum absolute atomic E-state index is 13.2. The number of fused-ring (bicyclic) bond motifs is 1. The van der Waals surface area contributed by atoms with Crippen molar-refractivity contribution in [2.24, 2.45) is 17.8 Å². The highest BCUT2D eigenvalue weighted by Crippen LogP contribution is 2.41. The van der Waals surface area contributed by atoms with Crippen LogP contribution in [-0.2, 0) is 20.8 Å². The summed E-state index contributed by atoms with van der Waals surface area (Å²) in [7, 11) is 0. The van der Waals surface area contributed by atoms with Gasteiger partial charge in [-0.3, -0.25) is 0 Å². The van der Waals surface area contributed by atoms with Gasteiger partial charge in [0.2, 0.25) is 0 Å². The van der Waals surface area contributed by atoms with E-state index >= 15 is 0 Å². The minimum atomic E-state index is -0.486. The molecule has 2 unspecified atom stereocenters. The van der Waals surface area contributed by atoms with Crippen molar-refractivity contribution in [2.75, 3.05) is 32.8 Å². The second kappa shape index (κ2) is 10.3. The van der Waals surface area contributed by atoms with E-state index in [1.807, 2.05) is 60.9 Å². The van der Waals surface area contributed by atoms with Crippen LogP contribution in [0.2, 0.25) is 0 Å². The molecule has 2 amide bonds. The summed E-state index contributed by atoms with van der Waals surface area (Å²) in [6.07, 6.45) is 3.33. The van der Waals surface area contributed by atoms with Crippen molar-refractivity contribution in [1.29, 1.82) is 0 Å². The van der Waals surface area contributed by atoms with Gasteiger partial charge in [-0.1, -0.05) is 30.3 Å². The fourth-order valence-corrected chi connectivity index (χ4v) is 5.38.